The first-order valence-electron chi connectivity index (χ1n) is 9.91. The van der Waals surface area contributed by atoms with Gasteiger partial charge in [0.2, 0.25) is 0 Å². The number of fused-ring (bicyclic) bond motifs is 2. The van der Waals surface area contributed by atoms with E-state index in [9.17, 15) is 9.90 Å². The number of carbonyl (C=O) groups is 1. The van der Waals surface area contributed by atoms with E-state index in [1.54, 1.807) is 19.2 Å². The summed E-state index contributed by atoms with van der Waals surface area (Å²) in [6.45, 7) is 3.06. The number of hydrogen-bond donors (Lipinski definition) is 3. The highest BCUT2D eigenvalue weighted by Crippen LogP contribution is 2.27. The van der Waals surface area contributed by atoms with E-state index in [2.05, 4.69) is 34.2 Å². The van der Waals surface area contributed by atoms with E-state index in [1.807, 2.05) is 48.7 Å². The van der Waals surface area contributed by atoms with Gasteiger partial charge in [0.05, 0.1) is 7.11 Å². The molecule has 2 heterocycles. The molecule has 5 heteroatoms. The predicted molar refractivity (Wildman–Crippen MR) is 127 cm³/mol. The van der Waals surface area contributed by atoms with Crippen molar-refractivity contribution in [2.75, 3.05) is 7.11 Å². The van der Waals surface area contributed by atoms with Gasteiger partial charge in [-0.2, -0.15) is 0 Å². The number of aromatic nitrogens is 2. The van der Waals surface area contributed by atoms with Gasteiger partial charge in [0, 0.05) is 34.4 Å². The van der Waals surface area contributed by atoms with Crippen LogP contribution in [0, 0.1) is 0 Å². The molecule has 0 atom stereocenters. The number of para-hydroxylation sites is 1. The summed E-state index contributed by atoms with van der Waals surface area (Å²) in [4.78, 5) is 15.9. The summed E-state index contributed by atoms with van der Waals surface area (Å²) >= 11 is 0. The minimum Gasteiger partial charge on any atom is -0.508 e. The van der Waals surface area contributed by atoms with Crippen LogP contribution in [0.3, 0.4) is 0 Å². The van der Waals surface area contributed by atoms with Crippen molar-refractivity contribution < 1.29 is 14.6 Å². The molecule has 31 heavy (non-hydrogen) atoms. The van der Waals surface area contributed by atoms with Gasteiger partial charge in [-0.25, -0.2) is 0 Å². The molecule has 0 aliphatic heterocycles. The van der Waals surface area contributed by atoms with Crippen molar-refractivity contribution in [3.05, 3.63) is 85.1 Å². The molecule has 0 unspecified atom stereocenters. The molecular formula is C26H26N2O3. The highest BCUT2D eigenvalue weighted by Gasteiger charge is 2.04. The Kier molecular flexibility index (Phi) is 7.12. The number of phenols is 1. The van der Waals surface area contributed by atoms with Crippen LogP contribution in [0.15, 0.2) is 85.1 Å². The second-order valence-electron chi connectivity index (χ2n) is 7.16. The summed E-state index contributed by atoms with van der Waals surface area (Å²) in [7, 11) is 1.65. The molecule has 158 valence electrons. The van der Waals surface area contributed by atoms with Gasteiger partial charge in [0.15, 0.2) is 0 Å². The van der Waals surface area contributed by atoms with E-state index >= 15 is 0 Å². The Morgan fingerprint density at radius 2 is 1.55 bits per heavy atom. The van der Waals surface area contributed by atoms with Gasteiger partial charge in [-0.05, 0) is 79.4 Å². The summed E-state index contributed by atoms with van der Waals surface area (Å²) in [6, 6.07) is 25.5. The topological polar surface area (TPSA) is 78.1 Å². The molecule has 0 aliphatic rings. The molecule has 0 amide bonds. The number of rotatable bonds is 2. The predicted octanol–water partition coefficient (Wildman–Crippen LogP) is 6.31. The minimum absolute atomic E-state index is 0.167. The van der Waals surface area contributed by atoms with Crippen LogP contribution in [0.25, 0.3) is 33.1 Å². The number of ether oxygens (including phenoxy) is 1. The van der Waals surface area contributed by atoms with E-state index in [0.717, 1.165) is 27.9 Å². The van der Waals surface area contributed by atoms with Crippen molar-refractivity contribution in [3.63, 3.8) is 0 Å². The molecule has 0 radical (unpaired) electrons. The molecule has 0 aliphatic carbocycles. The number of carbonyl (C=O) groups excluding carboxylic acids is 1. The number of methoxy groups -OCH3 is 1. The highest BCUT2D eigenvalue weighted by molar-refractivity contribution is 5.86. The largest absolute Gasteiger partial charge is 0.508 e. The second kappa shape index (κ2) is 10.2. The summed E-state index contributed by atoms with van der Waals surface area (Å²) in [5, 5.41) is 11.8. The number of ketones is 1. The van der Waals surface area contributed by atoms with Crippen molar-refractivity contribution in [1.29, 1.82) is 0 Å². The number of aromatic hydroxyl groups is 1. The molecule has 5 rings (SSSR count). The molecular weight excluding hydrogens is 388 g/mol. The summed E-state index contributed by atoms with van der Waals surface area (Å²) in [5.41, 5.74) is 4.25. The lowest BCUT2D eigenvalue weighted by Crippen LogP contribution is -1.82. The van der Waals surface area contributed by atoms with Crippen LogP contribution < -0.4 is 4.74 Å². The lowest BCUT2D eigenvalue weighted by Gasteiger charge is -2.01. The van der Waals surface area contributed by atoms with Crippen LogP contribution in [-0.4, -0.2) is 28.0 Å². The lowest BCUT2D eigenvalue weighted by atomic mass is 10.1. The number of Topliss-reactive ketones (excluding diaryl/α,β-unsaturated/α-hetero) is 1. The number of nitrogens with one attached hydrogen (secondary N) is 2. The van der Waals surface area contributed by atoms with Crippen molar-refractivity contribution in [1.82, 2.24) is 9.97 Å². The maximum atomic E-state index is 9.44. The van der Waals surface area contributed by atoms with Gasteiger partial charge in [-0.1, -0.05) is 18.2 Å². The average molecular weight is 415 g/mol. The van der Waals surface area contributed by atoms with E-state index in [1.165, 1.54) is 24.8 Å². The third-order valence-corrected chi connectivity index (χ3v) is 4.47. The first kappa shape index (κ1) is 21.7. The van der Waals surface area contributed by atoms with E-state index in [-0.39, 0.29) is 11.5 Å². The van der Waals surface area contributed by atoms with Crippen LogP contribution in [0.4, 0.5) is 0 Å². The highest BCUT2D eigenvalue weighted by atomic mass is 16.5. The number of aromatic amines is 2. The number of hydrogen-bond acceptors (Lipinski definition) is 3. The van der Waals surface area contributed by atoms with Gasteiger partial charge < -0.3 is 24.6 Å². The Morgan fingerprint density at radius 3 is 2.23 bits per heavy atom. The minimum atomic E-state index is 0.167. The lowest BCUT2D eigenvalue weighted by molar-refractivity contribution is -0.114. The fourth-order valence-electron chi connectivity index (χ4n) is 3.04. The fourth-order valence-corrected chi connectivity index (χ4v) is 3.04. The van der Waals surface area contributed by atoms with Gasteiger partial charge in [0.1, 0.15) is 17.3 Å². The maximum absolute atomic E-state index is 9.44. The fraction of sp³-hybridized carbons (Fsp3) is 0.115. The number of H-pyrrole nitrogens is 2. The van der Waals surface area contributed by atoms with Gasteiger partial charge in [-0.15, -0.1) is 0 Å². The summed E-state index contributed by atoms with van der Waals surface area (Å²) in [5.74, 6) is 1.28. The van der Waals surface area contributed by atoms with Crippen molar-refractivity contribution in [2.45, 2.75) is 13.8 Å². The summed E-state index contributed by atoms with van der Waals surface area (Å²) in [6.07, 6.45) is 1.95. The SMILES string of the molecule is CC(C)=O.COc1ccc(-c2cc3ccc(O)cc3[nH]2)cc1.c1ccc2[nH]ccc2c1. The van der Waals surface area contributed by atoms with Crippen molar-refractivity contribution >= 4 is 27.6 Å². The van der Waals surface area contributed by atoms with Gasteiger partial charge >= 0.3 is 0 Å². The molecule has 5 nitrogen and oxygen atoms in total. The Bertz CT molecular complexity index is 1230. The van der Waals surface area contributed by atoms with Crippen LogP contribution in [0.2, 0.25) is 0 Å². The molecule has 3 aromatic carbocycles. The molecule has 3 N–H and O–H groups in total. The monoisotopic (exact) mass is 414 g/mol. The van der Waals surface area contributed by atoms with E-state index < -0.39 is 0 Å². The molecule has 0 saturated carbocycles. The number of benzene rings is 3. The zero-order chi connectivity index (χ0) is 22.2. The maximum Gasteiger partial charge on any atom is 0.126 e. The standard InChI is InChI=1S/C15H13NO2.C8H7N.C3H6O/c1-18-13-6-3-10(4-7-13)14-8-11-2-5-12(17)9-15(11)16-14;1-2-4-8-7(3-1)5-6-9-8;1-3(2)4/h2-9,16-17H,1H3;1-6,9H;1-2H3. The van der Waals surface area contributed by atoms with Crippen LogP contribution >= 0.6 is 0 Å². The first-order chi connectivity index (χ1) is 15.0. The molecule has 0 bridgehead atoms. The smallest absolute Gasteiger partial charge is 0.126 e. The Labute approximate surface area is 181 Å². The Hall–Kier alpha value is -3.99. The first-order valence-corrected chi connectivity index (χ1v) is 9.91. The molecule has 0 saturated heterocycles. The molecule has 5 aromatic rings. The average Bonchev–Trinajstić information content (AvgIpc) is 3.40. The summed E-state index contributed by atoms with van der Waals surface area (Å²) < 4.78 is 5.14. The van der Waals surface area contributed by atoms with Gasteiger partial charge in [0.25, 0.3) is 0 Å². The van der Waals surface area contributed by atoms with Crippen LogP contribution in [0.1, 0.15) is 13.8 Å². The molecule has 0 fully saturated rings. The number of phenolic OH excluding ortho intramolecular Hbond substituents is 1. The third-order valence-electron chi connectivity index (χ3n) is 4.47. The molecule has 0 spiro atoms. The van der Waals surface area contributed by atoms with Gasteiger partial charge in [-0.3, -0.25) is 0 Å². The zero-order valence-corrected chi connectivity index (χ0v) is 17.8. The normalized spacial score (nSPS) is 10.0. The van der Waals surface area contributed by atoms with E-state index in [4.69, 9.17) is 4.74 Å². The Morgan fingerprint density at radius 1 is 0.839 bits per heavy atom. The van der Waals surface area contributed by atoms with Crippen molar-refractivity contribution in [3.8, 4) is 22.8 Å². The second-order valence-corrected chi connectivity index (χ2v) is 7.16. The van der Waals surface area contributed by atoms with Crippen LogP contribution in [0.5, 0.6) is 11.5 Å². The van der Waals surface area contributed by atoms with Crippen molar-refractivity contribution in [2.24, 2.45) is 0 Å². The molecule has 2 aromatic heterocycles. The quantitative estimate of drug-likeness (QED) is 0.317. The van der Waals surface area contributed by atoms with Crippen LogP contribution in [-0.2, 0) is 4.79 Å². The third kappa shape index (κ3) is 6.00. The zero-order valence-electron chi connectivity index (χ0n) is 17.8. The Balaban J connectivity index is 0.000000174. The van der Waals surface area contributed by atoms with E-state index in [0.29, 0.717) is 0 Å².